The number of aromatic nitrogens is 2. The molecule has 2 fully saturated rings. The summed E-state index contributed by atoms with van der Waals surface area (Å²) in [5.41, 5.74) is 1.88. The second-order valence-corrected chi connectivity index (χ2v) is 9.51. The summed E-state index contributed by atoms with van der Waals surface area (Å²) < 4.78 is 5.49. The maximum Gasteiger partial charge on any atom is 0.329 e. The SMILES string of the molecule is CC1CN(Cc2cc3ccccc3nn2)CC1C1=NC2=CN(C3CCOCC3)CN2C(=O)N1. The van der Waals surface area contributed by atoms with E-state index in [-0.39, 0.29) is 11.9 Å². The van der Waals surface area contributed by atoms with Gasteiger partial charge in [-0.3, -0.25) is 15.1 Å². The molecule has 33 heavy (non-hydrogen) atoms. The van der Waals surface area contributed by atoms with E-state index in [0.29, 0.717) is 18.6 Å². The molecule has 2 aromatic rings. The van der Waals surface area contributed by atoms with Gasteiger partial charge < -0.3 is 9.64 Å². The number of fused-ring (bicyclic) bond motifs is 2. The van der Waals surface area contributed by atoms with Crippen LogP contribution in [0.15, 0.2) is 47.3 Å². The van der Waals surface area contributed by atoms with E-state index < -0.39 is 0 Å². The molecule has 5 heterocycles. The third kappa shape index (κ3) is 3.95. The van der Waals surface area contributed by atoms with Gasteiger partial charge in [0.05, 0.1) is 11.2 Å². The van der Waals surface area contributed by atoms with Gasteiger partial charge in [0, 0.05) is 56.4 Å². The van der Waals surface area contributed by atoms with Crippen molar-refractivity contribution in [2.75, 3.05) is 33.0 Å². The summed E-state index contributed by atoms with van der Waals surface area (Å²) in [6.45, 7) is 6.87. The highest BCUT2D eigenvalue weighted by molar-refractivity contribution is 6.02. The predicted octanol–water partition coefficient (Wildman–Crippen LogP) is 2.37. The number of benzene rings is 1. The van der Waals surface area contributed by atoms with Gasteiger partial charge in [0.1, 0.15) is 12.5 Å². The van der Waals surface area contributed by atoms with E-state index >= 15 is 0 Å². The third-order valence-electron chi connectivity index (χ3n) is 7.21. The first-order valence-corrected chi connectivity index (χ1v) is 11.8. The number of nitrogens with zero attached hydrogens (tertiary/aromatic N) is 6. The lowest BCUT2D eigenvalue weighted by Gasteiger charge is -2.32. The fourth-order valence-electron chi connectivity index (χ4n) is 5.38. The highest BCUT2D eigenvalue weighted by Gasteiger charge is 2.40. The van der Waals surface area contributed by atoms with Gasteiger partial charge in [0.15, 0.2) is 5.82 Å². The zero-order chi connectivity index (χ0) is 22.4. The number of aliphatic imine (C=N–C) groups is 1. The molecule has 6 rings (SSSR count). The molecule has 0 radical (unpaired) electrons. The van der Waals surface area contributed by atoms with Gasteiger partial charge in [0.25, 0.3) is 0 Å². The minimum absolute atomic E-state index is 0.0770. The molecule has 0 saturated carbocycles. The molecule has 9 nitrogen and oxygen atoms in total. The molecule has 2 amide bonds. The number of hydrogen-bond donors (Lipinski definition) is 1. The molecule has 2 unspecified atom stereocenters. The quantitative estimate of drug-likeness (QED) is 0.775. The second kappa shape index (κ2) is 8.39. The number of likely N-dealkylation sites (tertiary alicyclic amines) is 1. The number of carbonyl (C=O) groups is 1. The summed E-state index contributed by atoms with van der Waals surface area (Å²) in [4.78, 5) is 24.1. The van der Waals surface area contributed by atoms with Crippen molar-refractivity contribution < 1.29 is 9.53 Å². The van der Waals surface area contributed by atoms with Crippen LogP contribution in [0.2, 0.25) is 0 Å². The summed E-state index contributed by atoms with van der Waals surface area (Å²) in [5.74, 6) is 2.11. The highest BCUT2D eigenvalue weighted by atomic mass is 16.5. The van der Waals surface area contributed by atoms with Crippen LogP contribution in [0.3, 0.4) is 0 Å². The standard InChI is InChI=1S/C24H29N7O2/c1-16-11-29(12-18-10-17-4-2-3-5-21(17)28-27-18)13-20(16)23-25-22-14-30(15-31(22)24(32)26-23)19-6-8-33-9-7-19/h2-5,10,14,16,19-20H,6-9,11-13,15H2,1H3,(H,25,26,32). The van der Waals surface area contributed by atoms with Crippen molar-refractivity contribution >= 4 is 22.8 Å². The molecular weight excluding hydrogens is 418 g/mol. The van der Waals surface area contributed by atoms with Crippen LogP contribution >= 0.6 is 0 Å². The Bertz CT molecular complexity index is 1130. The number of hydrogen-bond acceptors (Lipinski definition) is 7. The van der Waals surface area contributed by atoms with E-state index in [1.165, 1.54) is 0 Å². The molecule has 172 valence electrons. The largest absolute Gasteiger partial charge is 0.381 e. The average molecular weight is 448 g/mol. The molecule has 1 aromatic carbocycles. The molecule has 0 aliphatic carbocycles. The maximum atomic E-state index is 12.9. The predicted molar refractivity (Wildman–Crippen MR) is 124 cm³/mol. The first-order chi connectivity index (χ1) is 16.1. The van der Waals surface area contributed by atoms with Crippen LogP contribution in [0.4, 0.5) is 4.79 Å². The fourth-order valence-corrected chi connectivity index (χ4v) is 5.38. The van der Waals surface area contributed by atoms with Crippen LogP contribution in [0, 0.1) is 11.8 Å². The molecule has 9 heteroatoms. The Morgan fingerprint density at radius 2 is 2.00 bits per heavy atom. The van der Waals surface area contributed by atoms with Crippen molar-refractivity contribution in [1.29, 1.82) is 0 Å². The third-order valence-corrected chi connectivity index (χ3v) is 7.21. The van der Waals surface area contributed by atoms with Crippen LogP contribution in [0.5, 0.6) is 0 Å². The molecule has 1 N–H and O–H groups in total. The molecule has 0 spiro atoms. The molecule has 0 bridgehead atoms. The smallest absolute Gasteiger partial charge is 0.329 e. The van der Waals surface area contributed by atoms with Crippen LogP contribution in [-0.4, -0.2) is 75.8 Å². The van der Waals surface area contributed by atoms with Gasteiger partial charge >= 0.3 is 6.03 Å². The van der Waals surface area contributed by atoms with Gasteiger partial charge in [-0.1, -0.05) is 25.1 Å². The minimum Gasteiger partial charge on any atom is -0.381 e. The minimum atomic E-state index is -0.0770. The summed E-state index contributed by atoms with van der Waals surface area (Å²) in [5, 5.41) is 13.0. The lowest BCUT2D eigenvalue weighted by Crippen LogP contribution is -2.50. The molecule has 4 aliphatic rings. The van der Waals surface area contributed by atoms with Gasteiger partial charge in [-0.15, -0.1) is 0 Å². The highest BCUT2D eigenvalue weighted by Crippen LogP contribution is 2.30. The number of rotatable bonds is 4. The van der Waals surface area contributed by atoms with Gasteiger partial charge in [0.2, 0.25) is 0 Å². The van der Waals surface area contributed by atoms with Crippen LogP contribution in [-0.2, 0) is 11.3 Å². The Kier molecular flexibility index (Phi) is 5.22. The van der Waals surface area contributed by atoms with Gasteiger partial charge in [-0.05, 0) is 30.9 Å². The van der Waals surface area contributed by atoms with Crippen LogP contribution < -0.4 is 5.32 Å². The molecule has 2 saturated heterocycles. The summed E-state index contributed by atoms with van der Waals surface area (Å²) in [6.07, 6.45) is 4.03. The number of urea groups is 1. The van der Waals surface area contributed by atoms with E-state index in [2.05, 4.69) is 50.6 Å². The van der Waals surface area contributed by atoms with Crippen molar-refractivity contribution in [3.05, 3.63) is 48.0 Å². The Labute approximate surface area is 193 Å². The van der Waals surface area contributed by atoms with Crippen LogP contribution in [0.1, 0.15) is 25.5 Å². The number of nitrogens with one attached hydrogen (secondary N) is 1. The zero-order valence-corrected chi connectivity index (χ0v) is 18.9. The van der Waals surface area contributed by atoms with Gasteiger partial charge in [-0.25, -0.2) is 9.79 Å². The molecule has 1 aromatic heterocycles. The zero-order valence-electron chi connectivity index (χ0n) is 18.9. The topological polar surface area (TPSA) is 86.2 Å². The normalized spacial score (nSPS) is 26.4. The van der Waals surface area contributed by atoms with Crippen molar-refractivity contribution in [1.82, 2.24) is 30.2 Å². The summed E-state index contributed by atoms with van der Waals surface area (Å²) in [7, 11) is 0. The fraction of sp³-hybridized carbons (Fsp3) is 0.500. The molecular formula is C24H29N7O2. The van der Waals surface area contributed by atoms with Gasteiger partial charge in [-0.2, -0.15) is 10.2 Å². The summed E-state index contributed by atoms with van der Waals surface area (Å²) >= 11 is 0. The van der Waals surface area contributed by atoms with Crippen LogP contribution in [0.25, 0.3) is 10.9 Å². The second-order valence-electron chi connectivity index (χ2n) is 9.51. The number of amidine groups is 1. The van der Waals surface area contributed by atoms with Crippen molar-refractivity contribution in [2.24, 2.45) is 16.8 Å². The van der Waals surface area contributed by atoms with E-state index in [1.54, 1.807) is 4.90 Å². The monoisotopic (exact) mass is 447 g/mol. The maximum absolute atomic E-state index is 12.9. The summed E-state index contributed by atoms with van der Waals surface area (Å²) in [6, 6.07) is 10.5. The molecule has 4 aliphatic heterocycles. The van der Waals surface area contributed by atoms with E-state index in [1.807, 2.05) is 18.2 Å². The van der Waals surface area contributed by atoms with E-state index in [9.17, 15) is 4.79 Å². The number of ether oxygens (including phenoxy) is 1. The first kappa shape index (κ1) is 20.6. The Hall–Kier alpha value is -3.04. The Balaban J connectivity index is 1.17. The number of amides is 2. The number of carbonyl (C=O) groups excluding carboxylic acids is 1. The lowest BCUT2D eigenvalue weighted by atomic mass is 9.96. The van der Waals surface area contributed by atoms with Crippen molar-refractivity contribution in [3.8, 4) is 0 Å². The molecule has 2 atom stereocenters. The Morgan fingerprint density at radius 3 is 2.88 bits per heavy atom. The first-order valence-electron chi connectivity index (χ1n) is 11.8. The average Bonchev–Trinajstić information content (AvgIpc) is 3.43. The van der Waals surface area contributed by atoms with Crippen molar-refractivity contribution in [2.45, 2.75) is 32.4 Å². The Morgan fingerprint density at radius 1 is 1.15 bits per heavy atom. The van der Waals surface area contributed by atoms with E-state index in [4.69, 9.17) is 9.73 Å². The van der Waals surface area contributed by atoms with Crippen molar-refractivity contribution in [3.63, 3.8) is 0 Å². The lowest BCUT2D eigenvalue weighted by molar-refractivity contribution is 0.0459. The van der Waals surface area contributed by atoms with E-state index in [0.717, 1.165) is 73.9 Å².